The minimum Gasteiger partial charge on any atom is -0.872 e. The summed E-state index contributed by atoms with van der Waals surface area (Å²) in [6.45, 7) is 4.23. The van der Waals surface area contributed by atoms with Crippen LogP contribution in [0.2, 0.25) is 0 Å². The summed E-state index contributed by atoms with van der Waals surface area (Å²) in [6.07, 6.45) is 17.6. The zero-order chi connectivity index (χ0) is 39.5. The van der Waals surface area contributed by atoms with Gasteiger partial charge in [-0.25, -0.2) is 4.98 Å². The number of allylic oxidation sites excluding steroid dienone is 1. The molecular formula is C45H64N3O7-. The number of phenolic OH excluding ortho intramolecular Hbond substituents is 1. The number of nitrogen functional groups attached to an aromatic ring is 1. The van der Waals surface area contributed by atoms with Crippen LogP contribution in [0.1, 0.15) is 121 Å². The second kappa shape index (κ2) is 19.8. The fourth-order valence-electron chi connectivity index (χ4n) is 9.41. The number of aromatic hydroxyl groups is 1. The van der Waals surface area contributed by atoms with Crippen LogP contribution in [0.4, 0.5) is 5.82 Å². The number of carboxylic acids is 1. The van der Waals surface area contributed by atoms with Gasteiger partial charge in [0.15, 0.2) is 0 Å². The van der Waals surface area contributed by atoms with Crippen LogP contribution in [0, 0.1) is 29.6 Å². The molecule has 2 aliphatic carbocycles. The SMILES string of the molecule is CCCCCC1C=CC(CCCCCC(C(=O)O)C(O)CCC2(O)CC(Cc3ccnc(N)c3)CC2Cc2cc(CC)c(-c3cc([O-])cc(O)c3)[nH]2)C(O)C1. The molecule has 8 N–H and O–H groups in total. The van der Waals surface area contributed by atoms with E-state index in [-0.39, 0.29) is 48.2 Å². The van der Waals surface area contributed by atoms with Gasteiger partial charge in [-0.3, -0.25) is 4.79 Å². The van der Waals surface area contributed by atoms with Crippen molar-refractivity contribution in [1.82, 2.24) is 9.97 Å². The Labute approximate surface area is 326 Å². The largest absolute Gasteiger partial charge is 0.872 e. The topological polar surface area (TPSA) is 196 Å². The van der Waals surface area contributed by atoms with Gasteiger partial charge in [0.25, 0.3) is 0 Å². The van der Waals surface area contributed by atoms with Crippen LogP contribution in [0.15, 0.2) is 54.7 Å². The van der Waals surface area contributed by atoms with Crippen LogP contribution in [-0.2, 0) is 24.1 Å². The number of H-pyrrole nitrogens is 1. The zero-order valence-corrected chi connectivity index (χ0v) is 32.8. The van der Waals surface area contributed by atoms with Crippen molar-refractivity contribution < 1.29 is 35.4 Å². The predicted molar refractivity (Wildman–Crippen MR) is 214 cm³/mol. The lowest BCUT2D eigenvalue weighted by Crippen LogP contribution is -2.37. The number of anilines is 1. The Morgan fingerprint density at radius 1 is 1.02 bits per heavy atom. The van der Waals surface area contributed by atoms with E-state index in [1.807, 2.05) is 19.1 Å². The molecule has 8 atom stereocenters. The van der Waals surface area contributed by atoms with E-state index in [9.17, 15) is 35.4 Å². The first-order chi connectivity index (χ1) is 26.4. The van der Waals surface area contributed by atoms with Gasteiger partial charge in [-0.05, 0) is 130 Å². The highest BCUT2D eigenvalue weighted by Crippen LogP contribution is 2.46. The Morgan fingerprint density at radius 3 is 2.53 bits per heavy atom. The van der Waals surface area contributed by atoms with Gasteiger partial charge >= 0.3 is 5.97 Å². The molecule has 1 fully saturated rings. The molecule has 302 valence electrons. The zero-order valence-electron chi connectivity index (χ0n) is 32.8. The first kappa shape index (κ1) is 42.3. The lowest BCUT2D eigenvalue weighted by atomic mass is 9.80. The van der Waals surface area contributed by atoms with Gasteiger partial charge < -0.3 is 41.4 Å². The third-order valence-electron chi connectivity index (χ3n) is 12.4. The van der Waals surface area contributed by atoms with E-state index < -0.39 is 23.6 Å². The number of aliphatic hydroxyl groups excluding tert-OH is 2. The number of pyridine rings is 1. The third kappa shape index (κ3) is 11.8. The fourth-order valence-corrected chi connectivity index (χ4v) is 9.41. The molecule has 2 aromatic heterocycles. The van der Waals surface area contributed by atoms with Crippen molar-refractivity contribution in [1.29, 1.82) is 0 Å². The predicted octanol–water partition coefficient (Wildman–Crippen LogP) is 7.47. The minimum absolute atomic E-state index is 0.0912. The number of aliphatic carboxylic acids is 1. The third-order valence-corrected chi connectivity index (χ3v) is 12.4. The summed E-state index contributed by atoms with van der Waals surface area (Å²) >= 11 is 0. The molecule has 10 heteroatoms. The minimum atomic E-state index is -1.14. The average Bonchev–Trinajstić information content (AvgIpc) is 3.68. The molecule has 8 unspecified atom stereocenters. The Bertz CT molecular complexity index is 1690. The number of aromatic nitrogens is 2. The van der Waals surface area contributed by atoms with E-state index in [4.69, 9.17) is 5.73 Å². The number of aliphatic hydroxyl groups is 3. The summed E-state index contributed by atoms with van der Waals surface area (Å²) < 4.78 is 0. The molecule has 5 rings (SSSR count). The number of nitrogens with two attached hydrogens (primary N) is 1. The first-order valence-electron chi connectivity index (χ1n) is 20.8. The van der Waals surface area contributed by atoms with Gasteiger partial charge in [-0.2, -0.15) is 0 Å². The van der Waals surface area contributed by atoms with Crippen molar-refractivity contribution in [2.75, 3.05) is 5.73 Å². The number of carboxylic acid groups (broad SMARTS) is 1. The van der Waals surface area contributed by atoms with E-state index in [1.165, 1.54) is 31.4 Å². The number of phenols is 1. The Hall–Kier alpha value is -3.86. The summed E-state index contributed by atoms with van der Waals surface area (Å²) in [5, 5.41) is 66.8. The number of aromatic amines is 1. The second-order valence-corrected chi connectivity index (χ2v) is 16.7. The molecule has 1 saturated carbocycles. The molecular weight excluding hydrogens is 695 g/mol. The monoisotopic (exact) mass is 758 g/mol. The van der Waals surface area contributed by atoms with E-state index >= 15 is 0 Å². The van der Waals surface area contributed by atoms with Gasteiger partial charge in [0.05, 0.1) is 23.7 Å². The molecule has 0 saturated heterocycles. The molecule has 0 aliphatic heterocycles. The maximum Gasteiger partial charge on any atom is 0.309 e. The van der Waals surface area contributed by atoms with Crippen LogP contribution < -0.4 is 10.8 Å². The molecule has 2 heterocycles. The Balaban J connectivity index is 1.20. The van der Waals surface area contributed by atoms with Crippen LogP contribution in [-0.4, -0.2) is 59.3 Å². The van der Waals surface area contributed by atoms with Gasteiger partial charge in [-0.1, -0.05) is 70.6 Å². The Morgan fingerprint density at radius 2 is 1.82 bits per heavy atom. The quantitative estimate of drug-likeness (QED) is 0.0426. The van der Waals surface area contributed by atoms with Crippen molar-refractivity contribution in [3.63, 3.8) is 0 Å². The van der Waals surface area contributed by atoms with E-state index in [0.717, 1.165) is 61.0 Å². The number of hydrogen-bond donors (Lipinski definition) is 7. The molecule has 1 aromatic carbocycles. The fraction of sp³-hybridized carbons (Fsp3) is 0.600. The Kier molecular flexibility index (Phi) is 15.2. The number of hydrogen-bond acceptors (Lipinski definition) is 8. The number of nitrogens with one attached hydrogen (secondary N) is 1. The van der Waals surface area contributed by atoms with E-state index in [0.29, 0.717) is 55.8 Å². The molecule has 0 spiro atoms. The lowest BCUT2D eigenvalue weighted by molar-refractivity contribution is -0.268. The van der Waals surface area contributed by atoms with Gasteiger partial charge in [-0.15, -0.1) is 5.75 Å². The van der Waals surface area contributed by atoms with Crippen molar-refractivity contribution in [3.05, 3.63) is 71.6 Å². The molecule has 2 aliphatic rings. The maximum absolute atomic E-state index is 12.4. The lowest BCUT2D eigenvalue weighted by Gasteiger charge is -2.32. The van der Waals surface area contributed by atoms with Crippen molar-refractivity contribution in [3.8, 4) is 22.8 Å². The van der Waals surface area contributed by atoms with Crippen molar-refractivity contribution in [2.24, 2.45) is 29.6 Å². The maximum atomic E-state index is 12.4. The molecule has 0 amide bonds. The van der Waals surface area contributed by atoms with Gasteiger partial charge in [0.1, 0.15) is 11.6 Å². The number of nitrogens with zero attached hydrogens (tertiary/aromatic N) is 1. The average molecular weight is 759 g/mol. The second-order valence-electron chi connectivity index (χ2n) is 16.7. The van der Waals surface area contributed by atoms with Gasteiger partial charge in [0.2, 0.25) is 0 Å². The first-order valence-corrected chi connectivity index (χ1v) is 20.8. The number of benzene rings is 1. The number of carbonyl (C=O) groups is 1. The van der Waals surface area contributed by atoms with Crippen LogP contribution in [0.3, 0.4) is 0 Å². The molecule has 10 nitrogen and oxygen atoms in total. The highest BCUT2D eigenvalue weighted by atomic mass is 16.4. The summed E-state index contributed by atoms with van der Waals surface area (Å²) in [5.41, 5.74) is 9.17. The standard InChI is InChI=1S/C45H65N3O7/c1-3-5-7-10-29-13-14-33(41(52)21-29)11-8-6-9-12-39(44(53)54)40(51)15-17-45(55)28-31(19-30-16-18-47-42(46)22-30)20-35(45)26-36-23-32(4-2)43(48-36)34-24-37(49)27-38(50)25-34/h13-14,16,18,22-25,27,29,31,33,35,39-41,48-52,55H,3-12,15,17,19-21,26,28H2,1-2H3,(H2,46,47)(H,53,54)/p-1. The summed E-state index contributed by atoms with van der Waals surface area (Å²) in [6, 6.07) is 10.1. The smallest absolute Gasteiger partial charge is 0.309 e. The van der Waals surface area contributed by atoms with Crippen LogP contribution >= 0.6 is 0 Å². The molecule has 0 bridgehead atoms. The van der Waals surface area contributed by atoms with Crippen LogP contribution in [0.5, 0.6) is 11.5 Å². The summed E-state index contributed by atoms with van der Waals surface area (Å²) in [4.78, 5) is 20.0. The van der Waals surface area contributed by atoms with E-state index in [2.05, 4.69) is 35.1 Å². The summed E-state index contributed by atoms with van der Waals surface area (Å²) in [5.74, 6) is -1.29. The number of aryl methyl sites for hydroxylation is 1. The van der Waals surface area contributed by atoms with E-state index in [1.54, 1.807) is 12.3 Å². The summed E-state index contributed by atoms with van der Waals surface area (Å²) in [7, 11) is 0. The van der Waals surface area contributed by atoms with Crippen molar-refractivity contribution >= 4 is 11.8 Å². The number of rotatable bonds is 21. The molecule has 0 radical (unpaired) electrons. The van der Waals surface area contributed by atoms with Crippen molar-refractivity contribution in [2.45, 2.75) is 141 Å². The number of unbranched alkanes of at least 4 members (excludes halogenated alkanes) is 4. The van der Waals surface area contributed by atoms with Crippen LogP contribution in [0.25, 0.3) is 11.3 Å². The highest BCUT2D eigenvalue weighted by molar-refractivity contribution is 5.70. The van der Waals surface area contributed by atoms with Gasteiger partial charge in [0, 0.05) is 29.1 Å². The molecule has 3 aromatic rings. The molecule has 55 heavy (non-hydrogen) atoms. The highest BCUT2D eigenvalue weighted by Gasteiger charge is 2.46. The normalized spacial score (nSPS) is 24.9.